The van der Waals surface area contributed by atoms with E-state index in [9.17, 15) is 4.79 Å². The minimum Gasteiger partial charge on any atom is -0.465 e. The molecule has 2 aromatic rings. The molecule has 0 aliphatic heterocycles. The lowest BCUT2D eigenvalue weighted by Gasteiger charge is -2.19. The van der Waals surface area contributed by atoms with E-state index in [-0.39, 0.29) is 5.97 Å². The number of ether oxygens (including phenoxy) is 1. The molecular weight excluding hydrogens is 234 g/mol. The Hall–Kier alpha value is -2.37. The number of benzene rings is 1. The van der Waals surface area contributed by atoms with Crippen molar-refractivity contribution < 1.29 is 14.1 Å². The van der Waals surface area contributed by atoms with Gasteiger partial charge in [-0.05, 0) is 12.1 Å². The lowest BCUT2D eigenvalue weighted by Crippen LogP contribution is -2.20. The number of hydrogen-bond donors (Lipinski definition) is 0. The Morgan fingerprint density at radius 1 is 1.44 bits per heavy atom. The van der Waals surface area contributed by atoms with E-state index in [1.54, 1.807) is 12.1 Å². The van der Waals surface area contributed by atoms with Gasteiger partial charge in [-0.3, -0.25) is 0 Å². The van der Waals surface area contributed by atoms with Gasteiger partial charge in [-0.15, -0.1) is 0 Å². The van der Waals surface area contributed by atoms with Crippen LogP contribution >= 0.6 is 0 Å². The monoisotopic (exact) mass is 247 g/mol. The third-order valence-electron chi connectivity index (χ3n) is 2.50. The topological polar surface area (TPSA) is 68.5 Å². The molecule has 1 aromatic heterocycles. The van der Waals surface area contributed by atoms with Gasteiger partial charge in [0.25, 0.3) is 0 Å². The smallest absolute Gasteiger partial charge is 0.339 e. The molecular formula is C12H13N3O3. The SMILES string of the molecule is COC(=O)c1ccccc1N(C)Cc1ncno1. The van der Waals surface area contributed by atoms with E-state index < -0.39 is 0 Å². The summed E-state index contributed by atoms with van der Waals surface area (Å²) in [6.45, 7) is 0.425. The van der Waals surface area contributed by atoms with Crippen molar-refractivity contribution in [3.8, 4) is 0 Å². The van der Waals surface area contributed by atoms with Gasteiger partial charge in [0.1, 0.15) is 0 Å². The van der Waals surface area contributed by atoms with Crippen LogP contribution in [-0.4, -0.2) is 30.3 Å². The molecule has 0 saturated carbocycles. The second-order valence-corrected chi connectivity index (χ2v) is 3.70. The van der Waals surface area contributed by atoms with Crippen LogP contribution in [0.5, 0.6) is 0 Å². The molecule has 0 atom stereocenters. The molecule has 0 saturated heterocycles. The fraction of sp³-hybridized carbons (Fsp3) is 0.250. The largest absolute Gasteiger partial charge is 0.465 e. The number of para-hydroxylation sites is 1. The summed E-state index contributed by atoms with van der Waals surface area (Å²) in [4.78, 5) is 17.4. The molecule has 18 heavy (non-hydrogen) atoms. The van der Waals surface area contributed by atoms with Crippen LogP contribution in [0.3, 0.4) is 0 Å². The Bertz CT molecular complexity index is 525. The van der Waals surface area contributed by atoms with Crippen molar-refractivity contribution in [1.82, 2.24) is 10.1 Å². The maximum Gasteiger partial charge on any atom is 0.339 e. The quantitative estimate of drug-likeness (QED) is 0.762. The molecule has 0 radical (unpaired) electrons. The first-order valence-electron chi connectivity index (χ1n) is 5.36. The molecule has 0 amide bonds. The first kappa shape index (κ1) is 12.1. The van der Waals surface area contributed by atoms with Crippen molar-refractivity contribution >= 4 is 11.7 Å². The van der Waals surface area contributed by atoms with Crippen LogP contribution in [0.2, 0.25) is 0 Å². The highest BCUT2D eigenvalue weighted by molar-refractivity contribution is 5.95. The number of hydrogen-bond acceptors (Lipinski definition) is 6. The summed E-state index contributed by atoms with van der Waals surface area (Å²) >= 11 is 0. The summed E-state index contributed by atoms with van der Waals surface area (Å²) in [5, 5.41) is 3.54. The first-order chi connectivity index (χ1) is 8.72. The van der Waals surface area contributed by atoms with Gasteiger partial charge < -0.3 is 14.2 Å². The summed E-state index contributed by atoms with van der Waals surface area (Å²) < 4.78 is 9.68. The Morgan fingerprint density at radius 3 is 2.89 bits per heavy atom. The van der Waals surface area contributed by atoms with Crippen LogP contribution in [0, 0.1) is 0 Å². The van der Waals surface area contributed by atoms with Crippen LogP contribution in [-0.2, 0) is 11.3 Å². The molecule has 2 rings (SSSR count). The summed E-state index contributed by atoms with van der Waals surface area (Å²) in [5.74, 6) is 0.111. The molecule has 0 aliphatic carbocycles. The van der Waals surface area contributed by atoms with Crippen molar-refractivity contribution in [1.29, 1.82) is 0 Å². The number of anilines is 1. The minimum atomic E-state index is -0.372. The Balaban J connectivity index is 2.24. The molecule has 1 aromatic carbocycles. The van der Waals surface area contributed by atoms with Crippen molar-refractivity contribution in [3.05, 3.63) is 42.0 Å². The molecule has 0 spiro atoms. The maximum atomic E-state index is 11.6. The number of rotatable bonds is 4. The maximum absolute atomic E-state index is 11.6. The third kappa shape index (κ3) is 2.48. The fourth-order valence-electron chi connectivity index (χ4n) is 1.64. The molecule has 0 unspecified atom stereocenters. The zero-order valence-electron chi connectivity index (χ0n) is 10.2. The Morgan fingerprint density at radius 2 is 2.22 bits per heavy atom. The second-order valence-electron chi connectivity index (χ2n) is 3.70. The van der Waals surface area contributed by atoms with Crippen LogP contribution in [0.25, 0.3) is 0 Å². The van der Waals surface area contributed by atoms with Gasteiger partial charge in [0.05, 0.1) is 24.9 Å². The molecule has 1 heterocycles. The molecule has 0 N–H and O–H groups in total. The average Bonchev–Trinajstić information content (AvgIpc) is 2.90. The standard InChI is InChI=1S/C12H13N3O3/c1-15(7-11-13-8-14-18-11)10-6-4-3-5-9(10)12(16)17-2/h3-6,8H,7H2,1-2H3. The normalized spacial score (nSPS) is 10.1. The van der Waals surface area contributed by atoms with E-state index in [0.717, 1.165) is 5.69 Å². The lowest BCUT2D eigenvalue weighted by atomic mass is 10.1. The van der Waals surface area contributed by atoms with Gasteiger partial charge in [-0.2, -0.15) is 4.98 Å². The highest BCUT2D eigenvalue weighted by Crippen LogP contribution is 2.21. The zero-order valence-corrected chi connectivity index (χ0v) is 10.2. The van der Waals surface area contributed by atoms with E-state index in [4.69, 9.17) is 9.26 Å². The number of methoxy groups -OCH3 is 1. The Kier molecular flexibility index (Phi) is 3.57. The number of nitrogens with zero attached hydrogens (tertiary/aromatic N) is 3. The molecule has 6 heteroatoms. The first-order valence-corrected chi connectivity index (χ1v) is 5.36. The molecule has 0 bridgehead atoms. The highest BCUT2D eigenvalue weighted by atomic mass is 16.5. The summed E-state index contributed by atoms with van der Waals surface area (Å²) in [5.41, 5.74) is 1.25. The summed E-state index contributed by atoms with van der Waals surface area (Å²) in [6, 6.07) is 7.19. The lowest BCUT2D eigenvalue weighted by molar-refractivity contribution is 0.0601. The molecule has 6 nitrogen and oxygen atoms in total. The van der Waals surface area contributed by atoms with Crippen molar-refractivity contribution in [2.24, 2.45) is 0 Å². The zero-order chi connectivity index (χ0) is 13.0. The number of carbonyl (C=O) groups excluding carboxylic acids is 1. The van der Waals surface area contributed by atoms with Crippen LogP contribution in [0.15, 0.2) is 35.1 Å². The number of aromatic nitrogens is 2. The minimum absolute atomic E-state index is 0.372. The van der Waals surface area contributed by atoms with E-state index in [2.05, 4.69) is 10.1 Å². The fourth-order valence-corrected chi connectivity index (χ4v) is 1.64. The number of esters is 1. The average molecular weight is 247 g/mol. The van der Waals surface area contributed by atoms with Crippen LogP contribution in [0.4, 0.5) is 5.69 Å². The van der Waals surface area contributed by atoms with E-state index in [0.29, 0.717) is 18.0 Å². The second kappa shape index (κ2) is 5.31. The van der Waals surface area contributed by atoms with Gasteiger partial charge >= 0.3 is 5.97 Å². The predicted molar refractivity (Wildman–Crippen MR) is 64.2 cm³/mol. The summed E-state index contributed by atoms with van der Waals surface area (Å²) in [6.07, 6.45) is 1.34. The van der Waals surface area contributed by atoms with Crippen molar-refractivity contribution in [2.75, 3.05) is 19.1 Å². The molecule has 94 valence electrons. The molecule has 0 fully saturated rings. The predicted octanol–water partition coefficient (Wildman–Crippen LogP) is 1.49. The number of carbonyl (C=O) groups is 1. The van der Waals surface area contributed by atoms with Crippen molar-refractivity contribution in [3.63, 3.8) is 0 Å². The highest BCUT2D eigenvalue weighted by Gasteiger charge is 2.15. The van der Waals surface area contributed by atoms with Gasteiger partial charge in [0.15, 0.2) is 6.33 Å². The van der Waals surface area contributed by atoms with Crippen LogP contribution in [0.1, 0.15) is 16.2 Å². The summed E-state index contributed by atoms with van der Waals surface area (Å²) in [7, 11) is 3.20. The van der Waals surface area contributed by atoms with E-state index in [1.165, 1.54) is 13.4 Å². The van der Waals surface area contributed by atoms with Gasteiger partial charge in [-0.1, -0.05) is 17.3 Å². The molecule has 0 aliphatic rings. The Labute approximate surface area is 104 Å². The van der Waals surface area contributed by atoms with E-state index >= 15 is 0 Å². The van der Waals surface area contributed by atoms with E-state index in [1.807, 2.05) is 24.1 Å². The van der Waals surface area contributed by atoms with Crippen molar-refractivity contribution in [2.45, 2.75) is 6.54 Å². The third-order valence-corrected chi connectivity index (χ3v) is 2.50. The van der Waals surface area contributed by atoms with Gasteiger partial charge in [-0.25, -0.2) is 4.79 Å². The van der Waals surface area contributed by atoms with Crippen LogP contribution < -0.4 is 4.90 Å². The van der Waals surface area contributed by atoms with Gasteiger partial charge in [0.2, 0.25) is 5.89 Å². The van der Waals surface area contributed by atoms with Gasteiger partial charge in [0, 0.05) is 7.05 Å².